The second-order valence-corrected chi connectivity index (χ2v) is 18.2. The average Bonchev–Trinajstić information content (AvgIpc) is 3.19. The number of amides is 2. The number of hydrogen-bond donors (Lipinski definition) is 4. The summed E-state index contributed by atoms with van der Waals surface area (Å²) >= 11 is 3.20. The van der Waals surface area contributed by atoms with Crippen molar-refractivity contribution < 1.29 is 34.4 Å². The standard InChI is InChI=1S/C18H25NO3.C13H17NO.C12H21NO2.C6H5BrO.ClH/c1-18(2,3)22-17(21)19-11-9-14(10-12-19)7-8-15-5-4-6-16(20)13-15;15-13-3-1-2-12(10-13)5-4-11-6-8-14-9-7-11;1-5-10-6-8-13(9-7-10)11(14)15-12(2,3)4;7-5-2-1-3-6(8)4-5;/h4-8,13-14,20H,9-12H2,1-3H3;1-5,10-11,14-15H,6-9H2;5,10H,1,6-9H2,2-4H3;1-4,8H;1H/b8-7+;5-4+;;;. The highest BCUT2D eigenvalue weighted by Crippen LogP contribution is 2.24. The molecule has 3 aromatic rings. The molecule has 0 aromatic heterocycles. The fourth-order valence-electron chi connectivity index (χ4n) is 6.51. The third-order valence-electron chi connectivity index (χ3n) is 9.77. The summed E-state index contributed by atoms with van der Waals surface area (Å²) in [4.78, 5) is 27.2. The number of carbonyl (C=O) groups is 2. The van der Waals surface area contributed by atoms with Gasteiger partial charge in [0, 0.05) is 30.7 Å². The van der Waals surface area contributed by atoms with E-state index in [1.165, 1.54) is 12.8 Å². The Morgan fingerprint density at radius 2 is 1.02 bits per heavy atom. The van der Waals surface area contributed by atoms with Crippen molar-refractivity contribution in [3.8, 4) is 17.2 Å². The van der Waals surface area contributed by atoms with E-state index < -0.39 is 11.2 Å². The molecule has 0 atom stereocenters. The molecule has 3 fully saturated rings. The molecule has 0 aliphatic carbocycles. The van der Waals surface area contributed by atoms with E-state index in [4.69, 9.17) is 14.6 Å². The highest BCUT2D eigenvalue weighted by Gasteiger charge is 2.27. The monoisotopic (exact) mass is 925 g/mol. The van der Waals surface area contributed by atoms with Crippen LogP contribution in [-0.2, 0) is 9.47 Å². The number of benzene rings is 3. The lowest BCUT2D eigenvalue weighted by Crippen LogP contribution is -2.41. The molecule has 3 aliphatic heterocycles. The molecule has 3 saturated heterocycles. The zero-order valence-electron chi connectivity index (χ0n) is 36.9. The number of nitrogens with zero attached hydrogens (tertiary/aromatic N) is 2. The van der Waals surface area contributed by atoms with E-state index in [-0.39, 0.29) is 30.3 Å². The second-order valence-electron chi connectivity index (χ2n) is 17.3. The first-order chi connectivity index (χ1) is 28.4. The second kappa shape index (κ2) is 26.8. The van der Waals surface area contributed by atoms with Gasteiger partial charge in [-0.15, -0.1) is 19.0 Å². The average molecular weight is 927 g/mol. The summed E-state index contributed by atoms with van der Waals surface area (Å²) in [6, 6.07) is 21.5. The Kier molecular flexibility index (Phi) is 23.1. The summed E-state index contributed by atoms with van der Waals surface area (Å²) in [7, 11) is 0. The van der Waals surface area contributed by atoms with Gasteiger partial charge >= 0.3 is 12.2 Å². The first-order valence-corrected chi connectivity index (χ1v) is 21.9. The van der Waals surface area contributed by atoms with Crippen molar-refractivity contribution >= 4 is 52.7 Å². The van der Waals surface area contributed by atoms with Crippen molar-refractivity contribution in [2.75, 3.05) is 39.3 Å². The molecule has 12 heteroatoms. The minimum absolute atomic E-state index is 0. The minimum atomic E-state index is -0.441. The number of rotatable bonds is 5. The van der Waals surface area contributed by atoms with Gasteiger partial charge in [-0.3, -0.25) is 0 Å². The van der Waals surface area contributed by atoms with Gasteiger partial charge in [-0.25, -0.2) is 9.59 Å². The Balaban J connectivity index is 0.000000292. The lowest BCUT2D eigenvalue weighted by atomic mass is 9.96. The van der Waals surface area contributed by atoms with Crippen molar-refractivity contribution in [3.05, 3.63) is 113 Å². The molecule has 3 aliphatic rings. The number of halogens is 2. The smallest absolute Gasteiger partial charge is 0.410 e. The van der Waals surface area contributed by atoms with Crippen molar-refractivity contribution in [1.29, 1.82) is 0 Å². The van der Waals surface area contributed by atoms with E-state index in [0.29, 0.717) is 29.3 Å². The zero-order valence-corrected chi connectivity index (χ0v) is 39.3. The van der Waals surface area contributed by atoms with Crippen LogP contribution in [0.25, 0.3) is 12.2 Å². The Bertz CT molecular complexity index is 1800. The Morgan fingerprint density at radius 3 is 1.36 bits per heavy atom. The molecule has 0 radical (unpaired) electrons. The molecule has 3 heterocycles. The third kappa shape index (κ3) is 22.8. The zero-order chi connectivity index (χ0) is 44.1. The van der Waals surface area contributed by atoms with Crippen molar-refractivity contribution in [1.82, 2.24) is 15.1 Å². The molecule has 2 amide bonds. The van der Waals surface area contributed by atoms with Crippen molar-refractivity contribution in [3.63, 3.8) is 0 Å². The number of phenols is 3. The maximum Gasteiger partial charge on any atom is 0.410 e. The van der Waals surface area contributed by atoms with Crippen LogP contribution in [0.2, 0.25) is 0 Å². The van der Waals surface area contributed by atoms with Gasteiger partial charge in [0.25, 0.3) is 0 Å². The van der Waals surface area contributed by atoms with Gasteiger partial charge in [0.1, 0.15) is 28.5 Å². The lowest BCUT2D eigenvalue weighted by Gasteiger charge is -2.32. The summed E-state index contributed by atoms with van der Waals surface area (Å²) in [5, 5.41) is 30.9. The number of aromatic hydroxyl groups is 3. The molecular formula is C49H69BrClN3O7. The minimum Gasteiger partial charge on any atom is -0.508 e. The first-order valence-electron chi connectivity index (χ1n) is 21.1. The number of nitrogens with one attached hydrogen (secondary N) is 1. The van der Waals surface area contributed by atoms with Crippen LogP contribution in [0.15, 0.2) is 102 Å². The molecule has 0 bridgehead atoms. The largest absolute Gasteiger partial charge is 0.508 e. The van der Waals surface area contributed by atoms with Crippen molar-refractivity contribution in [2.24, 2.45) is 17.8 Å². The van der Waals surface area contributed by atoms with Crippen LogP contribution in [0, 0.1) is 17.8 Å². The Labute approximate surface area is 379 Å². The highest BCUT2D eigenvalue weighted by atomic mass is 79.9. The van der Waals surface area contributed by atoms with E-state index in [1.807, 2.05) is 84.0 Å². The van der Waals surface area contributed by atoms with Crippen molar-refractivity contribution in [2.45, 2.75) is 91.3 Å². The van der Waals surface area contributed by atoms with Crippen LogP contribution in [0.1, 0.15) is 91.2 Å². The number of allylic oxidation sites excluding steroid dienone is 3. The van der Waals surface area contributed by atoms with Gasteiger partial charge in [0.15, 0.2) is 0 Å². The summed E-state index contributed by atoms with van der Waals surface area (Å²) < 4.78 is 11.6. The summed E-state index contributed by atoms with van der Waals surface area (Å²) in [6.45, 7) is 20.4. The van der Waals surface area contributed by atoms with E-state index in [9.17, 15) is 19.8 Å². The molecular weight excluding hydrogens is 858 g/mol. The molecule has 0 unspecified atom stereocenters. The van der Waals surface area contributed by atoms with E-state index in [1.54, 1.807) is 52.3 Å². The molecule has 3 aromatic carbocycles. The van der Waals surface area contributed by atoms with Crippen LogP contribution in [0.3, 0.4) is 0 Å². The molecule has 61 heavy (non-hydrogen) atoms. The summed E-state index contributed by atoms with van der Waals surface area (Å²) in [5.74, 6) is 2.61. The van der Waals surface area contributed by atoms with Gasteiger partial charge in [0.2, 0.25) is 0 Å². The molecule has 4 N–H and O–H groups in total. The maximum atomic E-state index is 12.0. The van der Waals surface area contributed by atoms with Crippen LogP contribution in [0.4, 0.5) is 9.59 Å². The number of ether oxygens (including phenoxy) is 2. The normalized spacial score (nSPS) is 16.4. The molecule has 10 nitrogen and oxygen atoms in total. The SMILES string of the molecule is C=CC1CCN(C(=O)OC(C)(C)C)CC1.CC(C)(C)OC(=O)N1CCC(/C=C/c2cccc(O)c2)CC1.Cl.Oc1cccc(/C=C/C2CCNCC2)c1.Oc1cccc(Br)c1. The number of likely N-dealkylation sites (tertiary alicyclic amines) is 2. The number of piperidine rings is 3. The van der Waals surface area contributed by atoms with Crippen LogP contribution in [-0.4, -0.2) is 87.8 Å². The molecule has 6 rings (SSSR count). The quantitative estimate of drug-likeness (QED) is 0.186. The highest BCUT2D eigenvalue weighted by molar-refractivity contribution is 9.10. The third-order valence-corrected chi connectivity index (χ3v) is 10.3. The molecule has 0 saturated carbocycles. The molecule has 0 spiro atoms. The van der Waals surface area contributed by atoms with Crippen LogP contribution < -0.4 is 5.32 Å². The predicted molar refractivity (Wildman–Crippen MR) is 254 cm³/mol. The van der Waals surface area contributed by atoms with Gasteiger partial charge < -0.3 is 39.9 Å². The van der Waals surface area contributed by atoms with Gasteiger partial charge in [-0.05, 0) is 165 Å². The van der Waals surface area contributed by atoms with Gasteiger partial charge in [0.05, 0.1) is 0 Å². The maximum absolute atomic E-state index is 12.0. The topological polar surface area (TPSA) is 132 Å². The number of hydrogen-bond acceptors (Lipinski definition) is 8. The predicted octanol–water partition coefficient (Wildman–Crippen LogP) is 11.9. The fraction of sp³-hybridized carbons (Fsp3) is 0.469. The number of phenolic OH excluding ortho intramolecular Hbond substituents is 3. The van der Waals surface area contributed by atoms with E-state index >= 15 is 0 Å². The molecule has 336 valence electrons. The number of carbonyl (C=O) groups excluding carboxylic acids is 2. The van der Waals surface area contributed by atoms with Gasteiger partial charge in [-0.2, -0.15) is 0 Å². The lowest BCUT2D eigenvalue weighted by molar-refractivity contribution is 0.0187. The van der Waals surface area contributed by atoms with E-state index in [0.717, 1.165) is 80.6 Å². The van der Waals surface area contributed by atoms with Crippen LogP contribution >= 0.6 is 28.3 Å². The van der Waals surface area contributed by atoms with Gasteiger partial charge in [-0.1, -0.05) is 76.6 Å². The summed E-state index contributed by atoms with van der Waals surface area (Å²) in [5.41, 5.74) is 1.23. The Hall–Kier alpha value is -4.45. The fourth-order valence-corrected chi connectivity index (χ4v) is 6.90. The van der Waals surface area contributed by atoms with E-state index in [2.05, 4.69) is 46.1 Å². The summed E-state index contributed by atoms with van der Waals surface area (Å²) in [6.07, 6.45) is 16.5. The first kappa shape index (κ1) is 52.7. The Morgan fingerprint density at radius 1 is 0.639 bits per heavy atom. The van der Waals surface area contributed by atoms with Crippen LogP contribution in [0.5, 0.6) is 17.2 Å².